The molecule has 0 radical (unpaired) electrons. The second-order valence-corrected chi connectivity index (χ2v) is 5.74. The Labute approximate surface area is 118 Å². The zero-order valence-corrected chi connectivity index (χ0v) is 12.0. The molecule has 3 rings (SSSR count). The first-order valence-corrected chi connectivity index (χ1v) is 7.75. The number of ether oxygens (including phenoxy) is 1. The molecule has 100 valence electrons. The molecule has 1 atom stereocenters. The third-order valence-corrected chi connectivity index (χ3v) is 4.44. The van der Waals surface area contributed by atoms with Crippen LogP contribution in [-0.4, -0.2) is 13.7 Å². The zero-order chi connectivity index (χ0) is 13.1. The Morgan fingerprint density at radius 1 is 1.37 bits per heavy atom. The van der Waals surface area contributed by atoms with Crippen molar-refractivity contribution >= 4 is 11.3 Å². The number of fused-ring (bicyclic) bond motifs is 1. The SMILES string of the molecule is CNC(Cc1ccsc1)c1cccc2c1OCCC2. The van der Waals surface area contributed by atoms with E-state index in [1.165, 1.54) is 16.7 Å². The second kappa shape index (κ2) is 5.76. The van der Waals surface area contributed by atoms with Gasteiger partial charge in [0.2, 0.25) is 0 Å². The van der Waals surface area contributed by atoms with Gasteiger partial charge < -0.3 is 10.1 Å². The molecular weight excluding hydrogens is 254 g/mol. The van der Waals surface area contributed by atoms with Crippen molar-refractivity contribution in [3.05, 3.63) is 51.7 Å². The first-order valence-electron chi connectivity index (χ1n) is 6.81. The van der Waals surface area contributed by atoms with Gasteiger partial charge in [0.05, 0.1) is 6.61 Å². The summed E-state index contributed by atoms with van der Waals surface area (Å²) in [5.74, 6) is 1.11. The number of nitrogens with one attached hydrogen (secondary N) is 1. The fourth-order valence-corrected chi connectivity index (χ4v) is 3.38. The molecule has 0 spiro atoms. The van der Waals surface area contributed by atoms with Gasteiger partial charge in [0.15, 0.2) is 0 Å². The lowest BCUT2D eigenvalue weighted by molar-refractivity contribution is 0.282. The number of hydrogen-bond acceptors (Lipinski definition) is 3. The molecule has 2 heterocycles. The zero-order valence-electron chi connectivity index (χ0n) is 11.2. The van der Waals surface area contributed by atoms with Crippen molar-refractivity contribution in [1.82, 2.24) is 5.32 Å². The van der Waals surface area contributed by atoms with Crippen LogP contribution in [0, 0.1) is 0 Å². The van der Waals surface area contributed by atoms with Crippen LogP contribution in [0.2, 0.25) is 0 Å². The lowest BCUT2D eigenvalue weighted by Crippen LogP contribution is -2.21. The van der Waals surface area contributed by atoms with Gasteiger partial charge in [0.25, 0.3) is 0 Å². The van der Waals surface area contributed by atoms with Gasteiger partial charge in [0.1, 0.15) is 5.75 Å². The first kappa shape index (κ1) is 12.7. The van der Waals surface area contributed by atoms with Gasteiger partial charge in [-0.2, -0.15) is 11.3 Å². The highest BCUT2D eigenvalue weighted by atomic mass is 32.1. The maximum absolute atomic E-state index is 5.92. The molecule has 0 bridgehead atoms. The first-order chi connectivity index (χ1) is 9.38. The number of aryl methyl sites for hydroxylation is 1. The van der Waals surface area contributed by atoms with Crippen LogP contribution in [0.25, 0.3) is 0 Å². The molecule has 0 saturated carbocycles. The average Bonchev–Trinajstić information content (AvgIpc) is 2.97. The van der Waals surface area contributed by atoms with Crippen LogP contribution >= 0.6 is 11.3 Å². The monoisotopic (exact) mass is 273 g/mol. The summed E-state index contributed by atoms with van der Waals surface area (Å²) in [6.07, 6.45) is 3.28. The third kappa shape index (κ3) is 2.67. The van der Waals surface area contributed by atoms with Crippen LogP contribution in [0.4, 0.5) is 0 Å². The smallest absolute Gasteiger partial charge is 0.127 e. The summed E-state index contributed by atoms with van der Waals surface area (Å²) in [4.78, 5) is 0. The van der Waals surface area contributed by atoms with E-state index in [2.05, 4.69) is 40.3 Å². The van der Waals surface area contributed by atoms with E-state index in [4.69, 9.17) is 4.74 Å². The molecule has 0 saturated heterocycles. The minimum Gasteiger partial charge on any atom is -0.493 e. The lowest BCUT2D eigenvalue weighted by atomic mass is 9.95. The highest BCUT2D eigenvalue weighted by Gasteiger charge is 2.20. The summed E-state index contributed by atoms with van der Waals surface area (Å²) in [7, 11) is 2.03. The maximum atomic E-state index is 5.92. The van der Waals surface area contributed by atoms with Gasteiger partial charge in [-0.25, -0.2) is 0 Å². The molecule has 1 N–H and O–H groups in total. The topological polar surface area (TPSA) is 21.3 Å². The Bertz CT molecular complexity index is 536. The number of hydrogen-bond donors (Lipinski definition) is 1. The van der Waals surface area contributed by atoms with Gasteiger partial charge in [-0.05, 0) is 54.3 Å². The predicted molar refractivity (Wildman–Crippen MR) is 80.1 cm³/mol. The fraction of sp³-hybridized carbons (Fsp3) is 0.375. The van der Waals surface area contributed by atoms with Crippen molar-refractivity contribution in [2.75, 3.05) is 13.7 Å². The van der Waals surface area contributed by atoms with Crippen LogP contribution < -0.4 is 10.1 Å². The molecule has 2 aromatic rings. The Morgan fingerprint density at radius 2 is 2.32 bits per heavy atom. The van der Waals surface area contributed by atoms with Crippen LogP contribution in [0.3, 0.4) is 0 Å². The molecule has 3 heteroatoms. The highest BCUT2D eigenvalue weighted by Crippen LogP contribution is 2.34. The van der Waals surface area contributed by atoms with Crippen molar-refractivity contribution in [1.29, 1.82) is 0 Å². The number of para-hydroxylation sites is 1. The van der Waals surface area contributed by atoms with Crippen LogP contribution in [0.1, 0.15) is 29.2 Å². The van der Waals surface area contributed by atoms with E-state index in [1.54, 1.807) is 11.3 Å². The van der Waals surface area contributed by atoms with Crippen LogP contribution in [0.5, 0.6) is 5.75 Å². The van der Waals surface area contributed by atoms with Crippen molar-refractivity contribution in [2.24, 2.45) is 0 Å². The largest absolute Gasteiger partial charge is 0.493 e. The van der Waals surface area contributed by atoms with Crippen molar-refractivity contribution < 1.29 is 4.74 Å². The Kier molecular flexibility index (Phi) is 3.85. The molecule has 2 nitrogen and oxygen atoms in total. The molecule has 0 amide bonds. The number of thiophene rings is 1. The van der Waals surface area contributed by atoms with Gasteiger partial charge in [-0.1, -0.05) is 18.2 Å². The Morgan fingerprint density at radius 3 is 3.11 bits per heavy atom. The van der Waals surface area contributed by atoms with Crippen molar-refractivity contribution in [2.45, 2.75) is 25.3 Å². The molecular formula is C16H19NOS. The normalized spacial score (nSPS) is 15.6. The molecule has 1 aliphatic heterocycles. The molecule has 0 aliphatic carbocycles. The quantitative estimate of drug-likeness (QED) is 0.919. The van der Waals surface area contributed by atoms with Crippen LogP contribution in [-0.2, 0) is 12.8 Å². The van der Waals surface area contributed by atoms with Gasteiger partial charge in [0, 0.05) is 11.6 Å². The van der Waals surface area contributed by atoms with E-state index < -0.39 is 0 Å². The van der Waals surface area contributed by atoms with E-state index in [0.717, 1.165) is 31.6 Å². The molecule has 19 heavy (non-hydrogen) atoms. The Balaban J connectivity index is 1.90. The summed E-state index contributed by atoms with van der Waals surface area (Å²) < 4.78 is 5.92. The van der Waals surface area contributed by atoms with Crippen molar-refractivity contribution in [3.8, 4) is 5.75 Å². The molecule has 1 aromatic carbocycles. The minimum atomic E-state index is 0.322. The van der Waals surface area contributed by atoms with E-state index in [9.17, 15) is 0 Å². The minimum absolute atomic E-state index is 0.322. The third-order valence-electron chi connectivity index (χ3n) is 3.71. The number of likely N-dealkylation sites (N-methyl/N-ethyl adjacent to an activating group) is 1. The fourth-order valence-electron chi connectivity index (χ4n) is 2.70. The standard InChI is InChI=1S/C16H19NOS/c1-17-15(10-12-7-9-19-11-12)14-6-2-4-13-5-3-8-18-16(13)14/h2,4,6-7,9,11,15,17H,3,5,8,10H2,1H3. The summed E-state index contributed by atoms with van der Waals surface area (Å²) in [5, 5.41) is 7.79. The molecule has 0 fully saturated rings. The van der Waals surface area contributed by atoms with Crippen LogP contribution in [0.15, 0.2) is 35.0 Å². The van der Waals surface area contributed by atoms with E-state index in [1.807, 2.05) is 7.05 Å². The predicted octanol–water partition coefficient (Wildman–Crippen LogP) is 3.58. The van der Waals surface area contributed by atoms with Gasteiger partial charge in [-0.15, -0.1) is 0 Å². The van der Waals surface area contributed by atoms with E-state index in [-0.39, 0.29) is 0 Å². The second-order valence-electron chi connectivity index (χ2n) is 4.96. The number of rotatable bonds is 4. The molecule has 1 aromatic heterocycles. The Hall–Kier alpha value is -1.32. The lowest BCUT2D eigenvalue weighted by Gasteiger charge is -2.25. The maximum Gasteiger partial charge on any atom is 0.127 e. The van der Waals surface area contributed by atoms with E-state index >= 15 is 0 Å². The molecule has 1 aliphatic rings. The number of benzene rings is 1. The molecule has 1 unspecified atom stereocenters. The highest BCUT2D eigenvalue weighted by molar-refractivity contribution is 7.07. The summed E-state index contributed by atoms with van der Waals surface area (Å²) in [6.45, 7) is 0.846. The summed E-state index contributed by atoms with van der Waals surface area (Å²) in [5.41, 5.74) is 4.04. The van der Waals surface area contributed by atoms with Gasteiger partial charge >= 0.3 is 0 Å². The summed E-state index contributed by atoms with van der Waals surface area (Å²) >= 11 is 1.76. The summed E-state index contributed by atoms with van der Waals surface area (Å²) in [6, 6.07) is 9.06. The van der Waals surface area contributed by atoms with E-state index in [0.29, 0.717) is 6.04 Å². The van der Waals surface area contributed by atoms with Gasteiger partial charge in [-0.3, -0.25) is 0 Å². The van der Waals surface area contributed by atoms with Crippen molar-refractivity contribution in [3.63, 3.8) is 0 Å². The average molecular weight is 273 g/mol.